The molecule has 1 saturated carbocycles. The molecule has 0 amide bonds. The second kappa shape index (κ2) is 7.01. The number of rotatable bonds is 2. The first-order valence-corrected chi connectivity index (χ1v) is 5.97. The maximum absolute atomic E-state index is 12.4. The van der Waals surface area contributed by atoms with Crippen LogP contribution in [-0.2, 0) is 0 Å². The van der Waals surface area contributed by atoms with Gasteiger partial charge < -0.3 is 0 Å². The molecule has 1 aliphatic carbocycles. The third-order valence-corrected chi connectivity index (χ3v) is 2.98. The van der Waals surface area contributed by atoms with Gasteiger partial charge in [0.2, 0.25) is 0 Å². The highest BCUT2D eigenvalue weighted by Crippen LogP contribution is 2.33. The van der Waals surface area contributed by atoms with E-state index in [-0.39, 0.29) is 5.56 Å². The van der Waals surface area contributed by atoms with Crippen molar-refractivity contribution in [1.82, 2.24) is 0 Å². The van der Waals surface area contributed by atoms with Crippen molar-refractivity contribution in [2.45, 2.75) is 38.8 Å². The number of benzene rings is 1. The zero-order valence-corrected chi connectivity index (χ0v) is 10.00. The molecule has 0 aliphatic heterocycles. The quantitative estimate of drug-likeness (QED) is 0.755. The summed E-state index contributed by atoms with van der Waals surface area (Å²) in [4.78, 5) is 0. The average Bonchev–Trinajstić information content (AvgIpc) is 2.35. The van der Waals surface area contributed by atoms with Crippen molar-refractivity contribution in [3.63, 3.8) is 0 Å². The molecule has 3 heteroatoms. The maximum Gasteiger partial charge on any atom is 0.140 e. The monoisotopic (exact) mass is 237 g/mol. The van der Waals surface area contributed by atoms with Crippen LogP contribution in [0.2, 0.25) is 0 Å². The molecule has 0 heterocycles. The normalized spacial score (nSPS) is 21.8. The van der Waals surface area contributed by atoms with E-state index in [0.717, 1.165) is 25.7 Å². The van der Waals surface area contributed by atoms with Crippen LogP contribution < -0.4 is 0 Å². The minimum absolute atomic E-state index is 0.0949. The lowest BCUT2D eigenvalue weighted by atomic mass is 9.80. The summed E-state index contributed by atoms with van der Waals surface area (Å²) < 4.78 is 24.7. The maximum atomic E-state index is 12.4. The third kappa shape index (κ3) is 4.14. The molecule has 1 fully saturated rings. The van der Waals surface area contributed by atoms with Crippen molar-refractivity contribution >= 4 is 0 Å². The second-order valence-corrected chi connectivity index (χ2v) is 4.23. The number of alkyl halides is 1. The van der Waals surface area contributed by atoms with Gasteiger partial charge in [0.05, 0.1) is 5.56 Å². The Bertz CT molecular complexity index is 384. The molecule has 0 aromatic heterocycles. The summed E-state index contributed by atoms with van der Waals surface area (Å²) in [5.74, 6) is -0.0278. The first kappa shape index (κ1) is 13.6. The van der Waals surface area contributed by atoms with Gasteiger partial charge >= 0.3 is 0 Å². The second-order valence-electron chi connectivity index (χ2n) is 4.23. The van der Waals surface area contributed by atoms with E-state index in [9.17, 15) is 8.78 Å². The van der Waals surface area contributed by atoms with Crippen LogP contribution in [0.4, 0.5) is 8.78 Å². The van der Waals surface area contributed by atoms with Crippen LogP contribution in [0.3, 0.4) is 0 Å². The van der Waals surface area contributed by atoms with E-state index in [1.165, 1.54) is 12.1 Å². The highest BCUT2D eigenvalue weighted by Gasteiger charge is 2.29. The standard InChI is InChI=1S/C7H4FN.C7H13F/c8-7-4-2-1-3-6(7)5-9;1-2-3-6-4-5-7(6)8/h1-4H;6-7H,2-5H2,1H3. The van der Waals surface area contributed by atoms with Crippen LogP contribution in [0.25, 0.3) is 0 Å². The minimum Gasteiger partial charge on any atom is -0.247 e. The van der Waals surface area contributed by atoms with E-state index < -0.39 is 12.0 Å². The van der Waals surface area contributed by atoms with Crippen molar-refractivity contribution in [3.05, 3.63) is 35.6 Å². The molecule has 1 aliphatic rings. The van der Waals surface area contributed by atoms with Crippen molar-refractivity contribution in [2.24, 2.45) is 5.92 Å². The van der Waals surface area contributed by atoms with Gasteiger partial charge in [-0.05, 0) is 37.3 Å². The highest BCUT2D eigenvalue weighted by molar-refractivity contribution is 5.29. The molecule has 92 valence electrons. The van der Waals surface area contributed by atoms with E-state index in [1.54, 1.807) is 18.2 Å². The number of hydrogen-bond donors (Lipinski definition) is 0. The molecule has 17 heavy (non-hydrogen) atoms. The number of hydrogen-bond acceptors (Lipinski definition) is 1. The van der Waals surface area contributed by atoms with Crippen molar-refractivity contribution in [1.29, 1.82) is 5.26 Å². The van der Waals surface area contributed by atoms with Gasteiger partial charge in [0.1, 0.15) is 18.1 Å². The lowest BCUT2D eigenvalue weighted by molar-refractivity contribution is 0.104. The Balaban J connectivity index is 0.000000171. The largest absolute Gasteiger partial charge is 0.247 e. The van der Waals surface area contributed by atoms with Crippen LogP contribution in [-0.4, -0.2) is 6.17 Å². The van der Waals surface area contributed by atoms with Crippen molar-refractivity contribution < 1.29 is 8.78 Å². The lowest BCUT2D eigenvalue weighted by Crippen LogP contribution is -2.26. The van der Waals surface area contributed by atoms with Crippen molar-refractivity contribution in [3.8, 4) is 6.07 Å². The zero-order valence-electron chi connectivity index (χ0n) is 10.00. The summed E-state index contributed by atoms with van der Waals surface area (Å²) in [6.07, 6.45) is 3.75. The zero-order chi connectivity index (χ0) is 12.7. The van der Waals surface area contributed by atoms with Gasteiger partial charge in [-0.1, -0.05) is 25.5 Å². The fourth-order valence-corrected chi connectivity index (χ4v) is 1.78. The van der Waals surface area contributed by atoms with Crippen LogP contribution in [0, 0.1) is 23.1 Å². The molecule has 0 bridgehead atoms. The van der Waals surface area contributed by atoms with Gasteiger partial charge in [0.25, 0.3) is 0 Å². The molecule has 0 radical (unpaired) electrons. The van der Waals surface area contributed by atoms with Crippen LogP contribution in [0.1, 0.15) is 38.2 Å². The molecular weight excluding hydrogens is 220 g/mol. The summed E-state index contributed by atoms with van der Waals surface area (Å²) in [5, 5.41) is 8.23. The summed E-state index contributed by atoms with van der Waals surface area (Å²) >= 11 is 0. The molecule has 1 aromatic carbocycles. The summed E-state index contributed by atoms with van der Waals surface area (Å²) in [6.45, 7) is 2.12. The highest BCUT2D eigenvalue weighted by atomic mass is 19.1. The molecule has 2 unspecified atom stereocenters. The first-order valence-electron chi connectivity index (χ1n) is 5.97. The van der Waals surface area contributed by atoms with E-state index >= 15 is 0 Å². The van der Waals surface area contributed by atoms with Gasteiger partial charge in [0, 0.05) is 0 Å². The Morgan fingerprint density at radius 1 is 1.35 bits per heavy atom. The Kier molecular flexibility index (Phi) is 5.62. The van der Waals surface area contributed by atoms with Gasteiger partial charge in [0.15, 0.2) is 0 Å². The molecule has 2 rings (SSSR count). The van der Waals surface area contributed by atoms with Gasteiger partial charge in [-0.25, -0.2) is 8.78 Å². The Labute approximate surface area is 101 Å². The Hall–Kier alpha value is -1.43. The number of nitriles is 1. The molecule has 1 aromatic rings. The van der Waals surface area contributed by atoms with Crippen LogP contribution >= 0.6 is 0 Å². The van der Waals surface area contributed by atoms with Crippen LogP contribution in [0.5, 0.6) is 0 Å². The van der Waals surface area contributed by atoms with Crippen LogP contribution in [0.15, 0.2) is 24.3 Å². The lowest BCUT2D eigenvalue weighted by Gasteiger charge is -2.29. The Morgan fingerprint density at radius 2 is 2.06 bits per heavy atom. The van der Waals surface area contributed by atoms with Gasteiger partial charge in [-0.15, -0.1) is 0 Å². The van der Waals surface area contributed by atoms with E-state index in [4.69, 9.17) is 5.26 Å². The average molecular weight is 237 g/mol. The predicted molar refractivity (Wildman–Crippen MR) is 63.6 cm³/mol. The van der Waals surface area contributed by atoms with E-state index in [2.05, 4.69) is 6.92 Å². The number of nitrogens with zero attached hydrogens (tertiary/aromatic N) is 1. The number of halogens is 2. The SMILES string of the molecule is CCCC1CCC1F.N#Cc1ccccc1F. The predicted octanol–water partition coefficient (Wildman–Crippen LogP) is 4.23. The van der Waals surface area contributed by atoms with E-state index in [1.807, 2.05) is 0 Å². The van der Waals surface area contributed by atoms with Crippen molar-refractivity contribution in [2.75, 3.05) is 0 Å². The summed E-state index contributed by atoms with van der Waals surface area (Å²) in [5.41, 5.74) is 0.0949. The fraction of sp³-hybridized carbons (Fsp3) is 0.500. The topological polar surface area (TPSA) is 23.8 Å². The van der Waals surface area contributed by atoms with E-state index in [0.29, 0.717) is 5.92 Å². The molecule has 1 nitrogen and oxygen atoms in total. The minimum atomic E-state index is -0.458. The molecule has 0 saturated heterocycles. The fourth-order valence-electron chi connectivity index (χ4n) is 1.78. The van der Waals surface area contributed by atoms with Gasteiger partial charge in [-0.2, -0.15) is 5.26 Å². The molecule has 0 spiro atoms. The molecular formula is C14H17F2N. The molecule has 0 N–H and O–H groups in total. The van der Waals surface area contributed by atoms with Gasteiger partial charge in [-0.3, -0.25) is 0 Å². The summed E-state index contributed by atoms with van der Waals surface area (Å²) in [6, 6.07) is 7.60. The first-order chi connectivity index (χ1) is 8.19. The summed E-state index contributed by atoms with van der Waals surface area (Å²) in [7, 11) is 0. The molecule has 2 atom stereocenters. The third-order valence-electron chi connectivity index (χ3n) is 2.98. The Morgan fingerprint density at radius 3 is 2.35 bits per heavy atom. The smallest absolute Gasteiger partial charge is 0.140 e.